The number of rotatable bonds is 1. The van der Waals surface area contributed by atoms with E-state index in [1.807, 2.05) is 30.3 Å². The Labute approximate surface area is 147 Å². The van der Waals surface area contributed by atoms with Gasteiger partial charge in [0.1, 0.15) is 11.2 Å². The van der Waals surface area contributed by atoms with Crippen LogP contribution in [0.25, 0.3) is 33.1 Å². The third kappa shape index (κ3) is 2.49. The van der Waals surface area contributed by atoms with Gasteiger partial charge in [-0.15, -0.1) is 0 Å². The Morgan fingerprint density at radius 1 is 0.880 bits per heavy atom. The van der Waals surface area contributed by atoms with Gasteiger partial charge in [-0.2, -0.15) is 5.26 Å². The monoisotopic (exact) mass is 325 g/mol. The van der Waals surface area contributed by atoms with E-state index in [1.165, 1.54) is 10.9 Å². The summed E-state index contributed by atoms with van der Waals surface area (Å²) in [4.78, 5) is 0. The number of furan rings is 1. The number of hydrogen-bond donors (Lipinski definition) is 0. The number of hydrogen-bond acceptors (Lipinski definition) is 2. The molecule has 3 aromatic carbocycles. The smallest absolute Gasteiger partial charge is 0.143 e. The summed E-state index contributed by atoms with van der Waals surface area (Å²) in [5, 5.41) is 11.3. The molecular formula is C23H19NO. The molecule has 4 rings (SSSR count). The maximum atomic E-state index is 9.00. The van der Waals surface area contributed by atoms with E-state index in [0.29, 0.717) is 5.56 Å². The van der Waals surface area contributed by atoms with E-state index in [2.05, 4.69) is 57.2 Å². The molecule has 0 saturated heterocycles. The first-order valence-corrected chi connectivity index (χ1v) is 8.44. The van der Waals surface area contributed by atoms with Crippen molar-refractivity contribution in [2.45, 2.75) is 26.2 Å². The highest BCUT2D eigenvalue weighted by molar-refractivity contribution is 6.11. The lowest BCUT2D eigenvalue weighted by molar-refractivity contribution is 0.594. The zero-order valence-corrected chi connectivity index (χ0v) is 14.6. The predicted molar refractivity (Wildman–Crippen MR) is 103 cm³/mol. The van der Waals surface area contributed by atoms with E-state index in [-0.39, 0.29) is 5.41 Å². The summed E-state index contributed by atoms with van der Waals surface area (Å²) in [5.74, 6) is 0. The summed E-state index contributed by atoms with van der Waals surface area (Å²) < 4.78 is 6.27. The molecule has 0 N–H and O–H groups in total. The molecule has 0 amide bonds. The van der Waals surface area contributed by atoms with Crippen LogP contribution in [-0.4, -0.2) is 0 Å². The number of nitrogens with zero attached hydrogens (tertiary/aromatic N) is 1. The van der Waals surface area contributed by atoms with Crippen molar-refractivity contribution in [3.05, 3.63) is 71.8 Å². The van der Waals surface area contributed by atoms with Crippen molar-refractivity contribution in [3.8, 4) is 17.2 Å². The maximum Gasteiger partial charge on any atom is 0.143 e. The van der Waals surface area contributed by atoms with Crippen molar-refractivity contribution in [1.82, 2.24) is 0 Å². The lowest BCUT2D eigenvalue weighted by Crippen LogP contribution is -2.11. The number of fused-ring (bicyclic) bond motifs is 3. The third-order valence-electron chi connectivity index (χ3n) is 4.66. The van der Waals surface area contributed by atoms with Crippen LogP contribution in [-0.2, 0) is 5.41 Å². The van der Waals surface area contributed by atoms with Gasteiger partial charge in [0.15, 0.2) is 0 Å². The highest BCUT2D eigenvalue weighted by Gasteiger charge is 2.21. The second kappa shape index (κ2) is 5.50. The summed E-state index contributed by atoms with van der Waals surface area (Å²) >= 11 is 0. The van der Waals surface area contributed by atoms with Crippen molar-refractivity contribution < 1.29 is 4.42 Å². The highest BCUT2D eigenvalue weighted by Crippen LogP contribution is 2.40. The van der Waals surface area contributed by atoms with E-state index in [1.54, 1.807) is 0 Å². The maximum absolute atomic E-state index is 9.00. The summed E-state index contributed by atoms with van der Waals surface area (Å²) in [6.07, 6.45) is 0. The van der Waals surface area contributed by atoms with E-state index < -0.39 is 0 Å². The van der Waals surface area contributed by atoms with Crippen molar-refractivity contribution in [2.75, 3.05) is 0 Å². The quantitative estimate of drug-likeness (QED) is 0.405. The fourth-order valence-electron chi connectivity index (χ4n) is 3.42. The molecule has 1 heterocycles. The van der Waals surface area contributed by atoms with E-state index in [9.17, 15) is 0 Å². The van der Waals surface area contributed by atoms with Crippen LogP contribution >= 0.6 is 0 Å². The molecule has 0 unspecified atom stereocenters. The van der Waals surface area contributed by atoms with Crippen LogP contribution in [0.2, 0.25) is 0 Å². The van der Waals surface area contributed by atoms with Crippen LogP contribution in [0.4, 0.5) is 0 Å². The topological polar surface area (TPSA) is 36.9 Å². The first-order valence-electron chi connectivity index (χ1n) is 8.44. The summed E-state index contributed by atoms with van der Waals surface area (Å²) in [6, 6.07) is 22.4. The lowest BCUT2D eigenvalue weighted by atomic mass is 9.84. The van der Waals surface area contributed by atoms with Gasteiger partial charge in [-0.05, 0) is 34.7 Å². The molecule has 4 aromatic rings. The Kier molecular flexibility index (Phi) is 3.40. The molecule has 122 valence electrons. The summed E-state index contributed by atoms with van der Waals surface area (Å²) in [5.41, 5.74) is 5.93. The molecule has 0 fully saturated rings. The average molecular weight is 325 g/mol. The highest BCUT2D eigenvalue weighted by atomic mass is 16.3. The molecule has 0 saturated carbocycles. The van der Waals surface area contributed by atoms with E-state index >= 15 is 0 Å². The normalized spacial score (nSPS) is 11.8. The van der Waals surface area contributed by atoms with Crippen LogP contribution < -0.4 is 0 Å². The second-order valence-electron chi connectivity index (χ2n) is 7.40. The molecule has 0 bridgehead atoms. The van der Waals surface area contributed by atoms with Gasteiger partial charge in [0.25, 0.3) is 0 Å². The Hall–Kier alpha value is -3.05. The molecule has 0 radical (unpaired) electrons. The van der Waals surface area contributed by atoms with Gasteiger partial charge in [-0.3, -0.25) is 0 Å². The standard InChI is InChI=1S/C23H19NO/c1-23(2,3)19-8-5-9-20-21(19)18-7-4-6-17(22(18)25-20)16-12-10-15(14-24)11-13-16/h4-13H,1-3H3. The minimum Gasteiger partial charge on any atom is -0.455 e. The zero-order valence-electron chi connectivity index (χ0n) is 14.6. The molecule has 2 nitrogen and oxygen atoms in total. The minimum absolute atomic E-state index is 0.0424. The molecule has 0 aliphatic carbocycles. The van der Waals surface area contributed by atoms with Crippen molar-refractivity contribution in [1.29, 1.82) is 5.26 Å². The van der Waals surface area contributed by atoms with E-state index in [4.69, 9.17) is 9.68 Å². The Morgan fingerprint density at radius 2 is 1.60 bits per heavy atom. The third-order valence-corrected chi connectivity index (χ3v) is 4.66. The molecule has 0 atom stereocenters. The fraction of sp³-hybridized carbons (Fsp3) is 0.174. The molecule has 0 spiro atoms. The van der Waals surface area contributed by atoms with Gasteiger partial charge in [-0.25, -0.2) is 0 Å². The largest absolute Gasteiger partial charge is 0.455 e. The lowest BCUT2D eigenvalue weighted by Gasteiger charge is -2.19. The van der Waals surface area contributed by atoms with Gasteiger partial charge < -0.3 is 4.42 Å². The van der Waals surface area contributed by atoms with Crippen LogP contribution in [0.3, 0.4) is 0 Å². The number of nitriles is 1. The van der Waals surface area contributed by atoms with Crippen molar-refractivity contribution >= 4 is 21.9 Å². The molecule has 1 aromatic heterocycles. The summed E-state index contributed by atoms with van der Waals surface area (Å²) in [6.45, 7) is 6.68. The van der Waals surface area contributed by atoms with Gasteiger partial charge >= 0.3 is 0 Å². The van der Waals surface area contributed by atoms with Crippen LogP contribution in [0.1, 0.15) is 31.9 Å². The Bertz CT molecular complexity index is 1120. The second-order valence-corrected chi connectivity index (χ2v) is 7.40. The van der Waals surface area contributed by atoms with E-state index in [0.717, 1.165) is 27.7 Å². The van der Waals surface area contributed by atoms with Crippen molar-refractivity contribution in [2.24, 2.45) is 0 Å². The van der Waals surface area contributed by atoms with Gasteiger partial charge in [0.2, 0.25) is 0 Å². The minimum atomic E-state index is 0.0424. The first kappa shape index (κ1) is 15.5. The molecule has 0 aliphatic rings. The SMILES string of the molecule is CC(C)(C)c1cccc2oc3c(-c4ccc(C#N)cc4)cccc3c12. The first-order chi connectivity index (χ1) is 12.0. The summed E-state index contributed by atoms with van der Waals surface area (Å²) in [7, 11) is 0. The van der Waals surface area contributed by atoms with Crippen LogP contribution in [0, 0.1) is 11.3 Å². The van der Waals surface area contributed by atoms with Gasteiger partial charge in [-0.1, -0.05) is 63.2 Å². The fourth-order valence-corrected chi connectivity index (χ4v) is 3.42. The Morgan fingerprint density at radius 3 is 2.28 bits per heavy atom. The average Bonchev–Trinajstić information content (AvgIpc) is 2.99. The Balaban J connectivity index is 2.04. The predicted octanol–water partition coefficient (Wildman–Crippen LogP) is 6.42. The molecule has 2 heteroatoms. The molecule has 25 heavy (non-hydrogen) atoms. The molecular weight excluding hydrogens is 306 g/mol. The number of benzene rings is 3. The van der Waals surface area contributed by atoms with Crippen molar-refractivity contribution in [3.63, 3.8) is 0 Å². The van der Waals surface area contributed by atoms with Crippen LogP contribution in [0.5, 0.6) is 0 Å². The van der Waals surface area contributed by atoms with Crippen LogP contribution in [0.15, 0.2) is 65.1 Å². The number of para-hydroxylation sites is 1. The molecule has 0 aliphatic heterocycles. The van der Waals surface area contributed by atoms with Gasteiger partial charge in [0.05, 0.1) is 11.6 Å². The zero-order chi connectivity index (χ0) is 17.6. The van der Waals surface area contributed by atoms with Gasteiger partial charge in [0, 0.05) is 16.3 Å².